The van der Waals surface area contributed by atoms with Crippen molar-refractivity contribution in [2.45, 2.75) is 56.6 Å². The summed E-state index contributed by atoms with van der Waals surface area (Å²) in [4.78, 5) is 2.69. The molecule has 2 aliphatic carbocycles. The Balaban J connectivity index is 1.60. The smallest absolute Gasteiger partial charge is 0.231 e. The van der Waals surface area contributed by atoms with Gasteiger partial charge in [0.05, 0.1) is 16.9 Å². The molecule has 2 aromatic heterocycles. The van der Waals surface area contributed by atoms with E-state index in [1.807, 2.05) is 6.07 Å². The summed E-state index contributed by atoms with van der Waals surface area (Å²) < 4.78 is 13.5. The molecule has 5 nitrogen and oxygen atoms in total. The minimum absolute atomic E-state index is 0.295. The lowest BCUT2D eigenvalue weighted by atomic mass is 10.0. The maximum Gasteiger partial charge on any atom is 0.231 e. The molecule has 6 rings (SSSR count). The molecule has 29 heavy (non-hydrogen) atoms. The Morgan fingerprint density at radius 1 is 1.03 bits per heavy atom. The minimum Gasteiger partial charge on any atom is -0.454 e. The predicted octanol–water partition coefficient (Wildman–Crippen LogP) is 5.20. The van der Waals surface area contributed by atoms with Crippen LogP contribution in [0.15, 0.2) is 29.3 Å². The van der Waals surface area contributed by atoms with Gasteiger partial charge in [-0.05, 0) is 69.5 Å². The van der Waals surface area contributed by atoms with Crippen LogP contribution in [0.5, 0.6) is 11.5 Å². The highest BCUT2D eigenvalue weighted by molar-refractivity contribution is 7.98. The van der Waals surface area contributed by atoms with Gasteiger partial charge in [0.1, 0.15) is 5.03 Å². The van der Waals surface area contributed by atoms with E-state index in [2.05, 4.69) is 47.7 Å². The molecule has 3 heterocycles. The highest BCUT2D eigenvalue weighted by Crippen LogP contribution is 2.47. The molecule has 0 bridgehead atoms. The summed E-state index contributed by atoms with van der Waals surface area (Å²) in [5.41, 5.74) is 7.23. The lowest BCUT2D eigenvalue weighted by Gasteiger charge is -2.25. The summed E-state index contributed by atoms with van der Waals surface area (Å²) in [7, 11) is 0. The van der Waals surface area contributed by atoms with Gasteiger partial charge in [-0.3, -0.25) is 0 Å². The summed E-state index contributed by atoms with van der Waals surface area (Å²) in [5, 5.41) is 6.25. The molecule has 0 amide bonds. The van der Waals surface area contributed by atoms with Gasteiger partial charge >= 0.3 is 0 Å². The molecule has 0 spiro atoms. The summed E-state index contributed by atoms with van der Waals surface area (Å²) in [6.45, 7) is 4.61. The van der Waals surface area contributed by atoms with Crippen molar-refractivity contribution >= 4 is 23.0 Å². The Hall–Kier alpha value is -2.34. The van der Waals surface area contributed by atoms with Gasteiger partial charge in [0.2, 0.25) is 6.79 Å². The average molecular weight is 408 g/mol. The molecule has 1 aliphatic heterocycles. The van der Waals surface area contributed by atoms with Crippen LogP contribution in [0, 0.1) is 13.8 Å². The number of anilines is 1. The van der Waals surface area contributed by atoms with Crippen LogP contribution in [0.1, 0.15) is 36.8 Å². The third-order valence-corrected chi connectivity index (χ3v) is 6.98. The van der Waals surface area contributed by atoms with Crippen LogP contribution in [0.4, 0.5) is 5.69 Å². The molecular weight excluding hydrogens is 382 g/mol. The number of rotatable bonds is 5. The fraction of sp³-hybridized carbons (Fsp3) is 0.435. The van der Waals surface area contributed by atoms with Gasteiger partial charge in [-0.25, -0.2) is 4.52 Å². The van der Waals surface area contributed by atoms with E-state index in [1.54, 1.807) is 11.8 Å². The van der Waals surface area contributed by atoms with E-state index >= 15 is 0 Å². The van der Waals surface area contributed by atoms with Crippen LogP contribution in [0.2, 0.25) is 0 Å². The summed E-state index contributed by atoms with van der Waals surface area (Å²) >= 11 is 1.76. The molecule has 2 fully saturated rings. The first-order chi connectivity index (χ1) is 14.2. The number of hydrogen-bond acceptors (Lipinski definition) is 5. The van der Waals surface area contributed by atoms with Crippen molar-refractivity contribution < 1.29 is 9.47 Å². The summed E-state index contributed by atoms with van der Waals surface area (Å²) in [5.74, 6) is 1.68. The molecule has 0 unspecified atom stereocenters. The Labute approximate surface area is 175 Å². The zero-order valence-corrected chi connectivity index (χ0v) is 17.9. The molecule has 3 aliphatic rings. The highest BCUT2D eigenvalue weighted by atomic mass is 32.2. The molecule has 6 heteroatoms. The molecule has 0 saturated heterocycles. The molecule has 3 aromatic rings. The Kier molecular flexibility index (Phi) is 3.82. The van der Waals surface area contributed by atoms with Gasteiger partial charge in [-0.15, -0.1) is 11.8 Å². The van der Waals surface area contributed by atoms with E-state index in [9.17, 15) is 0 Å². The molecule has 2 saturated carbocycles. The number of hydrogen-bond donors (Lipinski definition) is 0. The molecule has 0 atom stereocenters. The maximum atomic E-state index is 5.73. The first-order valence-electron chi connectivity index (χ1n) is 10.4. The number of benzene rings is 1. The Bertz CT molecular complexity index is 1120. The van der Waals surface area contributed by atoms with E-state index in [-0.39, 0.29) is 0 Å². The van der Waals surface area contributed by atoms with Gasteiger partial charge in [0.25, 0.3) is 0 Å². The van der Waals surface area contributed by atoms with Crippen molar-refractivity contribution in [3.63, 3.8) is 0 Å². The van der Waals surface area contributed by atoms with Crippen LogP contribution in [-0.4, -0.2) is 34.7 Å². The second-order valence-corrected chi connectivity index (χ2v) is 9.16. The second-order valence-electron chi connectivity index (χ2n) is 8.36. The zero-order valence-electron chi connectivity index (χ0n) is 17.1. The molecule has 1 aromatic carbocycles. The van der Waals surface area contributed by atoms with Crippen molar-refractivity contribution in [1.29, 1.82) is 0 Å². The third-order valence-electron chi connectivity index (χ3n) is 6.32. The van der Waals surface area contributed by atoms with E-state index < -0.39 is 0 Å². The van der Waals surface area contributed by atoms with E-state index in [0.29, 0.717) is 18.9 Å². The summed E-state index contributed by atoms with van der Waals surface area (Å²) in [6.07, 6.45) is 7.37. The largest absolute Gasteiger partial charge is 0.454 e. The van der Waals surface area contributed by atoms with E-state index in [0.717, 1.165) is 33.3 Å². The molecular formula is C23H25N3O2S. The number of fused-ring (bicyclic) bond motifs is 2. The lowest BCUT2D eigenvalue weighted by Crippen LogP contribution is -2.28. The fourth-order valence-electron chi connectivity index (χ4n) is 4.60. The standard InChI is InChI=1S/C23H25N3O2S/c1-13-4-10-18(17-9-11-19-22(14(17)2)28-12-27-19)26-20(13)21(23(24-26)29-3)25(15-5-6-15)16-7-8-16/h4,9-11,15-16H,5-8,12H2,1-3H3. The first kappa shape index (κ1) is 17.5. The van der Waals surface area contributed by atoms with E-state index in [4.69, 9.17) is 14.6 Å². The van der Waals surface area contributed by atoms with Gasteiger partial charge in [-0.2, -0.15) is 5.10 Å². The normalized spacial score (nSPS) is 17.9. The Morgan fingerprint density at radius 2 is 1.79 bits per heavy atom. The van der Waals surface area contributed by atoms with Crippen LogP contribution in [0.3, 0.4) is 0 Å². The molecule has 150 valence electrons. The number of nitrogens with zero attached hydrogens (tertiary/aromatic N) is 3. The Morgan fingerprint density at radius 3 is 2.48 bits per heavy atom. The van der Waals surface area contributed by atoms with Gasteiger partial charge in [0, 0.05) is 23.2 Å². The first-order valence-corrected chi connectivity index (χ1v) is 11.6. The fourth-order valence-corrected chi connectivity index (χ4v) is 5.16. The van der Waals surface area contributed by atoms with Crippen LogP contribution >= 0.6 is 11.8 Å². The number of ether oxygens (including phenoxy) is 2. The molecule has 0 N–H and O–H groups in total. The van der Waals surface area contributed by atoms with Crippen LogP contribution in [0.25, 0.3) is 16.8 Å². The molecule has 0 radical (unpaired) electrons. The quantitative estimate of drug-likeness (QED) is 0.544. The summed E-state index contributed by atoms with van der Waals surface area (Å²) in [6, 6.07) is 9.95. The van der Waals surface area contributed by atoms with Crippen molar-refractivity contribution in [2.24, 2.45) is 0 Å². The van der Waals surface area contributed by atoms with Gasteiger partial charge < -0.3 is 14.4 Å². The van der Waals surface area contributed by atoms with E-state index in [1.165, 1.54) is 42.5 Å². The van der Waals surface area contributed by atoms with Crippen molar-refractivity contribution in [3.05, 3.63) is 35.4 Å². The predicted molar refractivity (Wildman–Crippen MR) is 117 cm³/mol. The second kappa shape index (κ2) is 6.33. The SMILES string of the molecule is CSc1nn2c(-c3ccc4c(c3C)OCO4)ccc(C)c2c1N(C1CC1)C1CC1. The van der Waals surface area contributed by atoms with Gasteiger partial charge in [-0.1, -0.05) is 6.07 Å². The number of aryl methyl sites for hydroxylation is 1. The number of thioether (sulfide) groups is 1. The van der Waals surface area contributed by atoms with Crippen molar-refractivity contribution in [1.82, 2.24) is 9.61 Å². The lowest BCUT2D eigenvalue weighted by molar-refractivity contribution is 0.173. The monoisotopic (exact) mass is 407 g/mol. The topological polar surface area (TPSA) is 39.0 Å². The van der Waals surface area contributed by atoms with Crippen LogP contribution in [-0.2, 0) is 0 Å². The number of pyridine rings is 1. The van der Waals surface area contributed by atoms with Crippen molar-refractivity contribution in [3.8, 4) is 22.8 Å². The minimum atomic E-state index is 0.295. The zero-order chi connectivity index (χ0) is 19.7. The van der Waals surface area contributed by atoms with Gasteiger partial charge in [0.15, 0.2) is 11.5 Å². The van der Waals surface area contributed by atoms with Crippen LogP contribution < -0.4 is 14.4 Å². The maximum absolute atomic E-state index is 5.73. The highest BCUT2D eigenvalue weighted by Gasteiger charge is 2.42. The number of aromatic nitrogens is 2. The van der Waals surface area contributed by atoms with Crippen molar-refractivity contribution in [2.75, 3.05) is 17.9 Å². The average Bonchev–Trinajstić information content (AvgIpc) is 3.64. The third kappa shape index (κ3) is 2.65.